The lowest BCUT2D eigenvalue weighted by Gasteiger charge is -2.07. The average Bonchev–Trinajstić information content (AvgIpc) is 2.35. The summed E-state index contributed by atoms with van der Waals surface area (Å²) in [4.78, 5) is 11.7. The molecule has 1 amide bonds. The molecule has 1 aromatic rings. The van der Waals surface area contributed by atoms with Crippen LogP contribution in [0, 0.1) is 17.2 Å². The Morgan fingerprint density at radius 2 is 1.95 bits per heavy atom. The molecule has 0 aliphatic rings. The van der Waals surface area contributed by atoms with E-state index in [9.17, 15) is 4.79 Å². The number of nitrogens with one attached hydrogen (secondary N) is 2. The molecule has 0 radical (unpaired) electrons. The van der Waals surface area contributed by atoms with Crippen LogP contribution in [0.3, 0.4) is 0 Å². The van der Waals surface area contributed by atoms with Gasteiger partial charge in [0.1, 0.15) is 11.6 Å². The lowest BCUT2D eigenvalue weighted by Crippen LogP contribution is -2.28. The molecule has 0 saturated heterocycles. The van der Waals surface area contributed by atoms with Gasteiger partial charge in [0.15, 0.2) is 0 Å². The van der Waals surface area contributed by atoms with Crippen molar-refractivity contribution in [3.8, 4) is 6.07 Å². The van der Waals surface area contributed by atoms with Crippen LogP contribution in [0.2, 0.25) is 10.0 Å². The Morgan fingerprint density at radius 1 is 1.35 bits per heavy atom. The van der Waals surface area contributed by atoms with Crippen LogP contribution in [-0.2, 0) is 4.79 Å². The second kappa shape index (κ2) is 7.78. The number of anilines is 1. The van der Waals surface area contributed by atoms with Gasteiger partial charge in [0, 0.05) is 28.5 Å². The molecule has 4 nitrogen and oxygen atoms in total. The van der Waals surface area contributed by atoms with Gasteiger partial charge in [-0.2, -0.15) is 5.26 Å². The van der Waals surface area contributed by atoms with Crippen LogP contribution in [0.5, 0.6) is 0 Å². The highest BCUT2D eigenvalue weighted by Crippen LogP contribution is 2.22. The minimum atomic E-state index is -0.415. The zero-order valence-corrected chi connectivity index (χ0v) is 12.7. The number of halogens is 2. The third-order valence-electron chi connectivity index (χ3n) is 2.28. The molecule has 1 aromatic carbocycles. The first-order chi connectivity index (χ1) is 9.42. The van der Waals surface area contributed by atoms with Gasteiger partial charge in [0.2, 0.25) is 0 Å². The predicted molar refractivity (Wildman–Crippen MR) is 81.6 cm³/mol. The van der Waals surface area contributed by atoms with E-state index in [0.29, 0.717) is 28.2 Å². The Hall–Kier alpha value is -1.70. The fourth-order valence-corrected chi connectivity index (χ4v) is 1.86. The van der Waals surface area contributed by atoms with E-state index in [1.807, 2.05) is 19.9 Å². The molecule has 0 unspecified atom stereocenters. The summed E-state index contributed by atoms with van der Waals surface area (Å²) < 4.78 is 0. The number of carbonyl (C=O) groups excluding carboxylic acids is 1. The van der Waals surface area contributed by atoms with Crippen LogP contribution in [0.25, 0.3) is 0 Å². The maximum atomic E-state index is 11.7. The number of benzene rings is 1. The molecule has 0 aromatic heterocycles. The van der Waals surface area contributed by atoms with Crippen molar-refractivity contribution >= 4 is 34.8 Å². The largest absolute Gasteiger partial charge is 0.360 e. The van der Waals surface area contributed by atoms with Crippen molar-refractivity contribution < 1.29 is 4.79 Å². The van der Waals surface area contributed by atoms with Crippen LogP contribution in [-0.4, -0.2) is 12.5 Å². The minimum absolute atomic E-state index is 0.0123. The molecule has 0 bridgehead atoms. The predicted octanol–water partition coefficient (Wildman–Crippen LogP) is 3.58. The minimum Gasteiger partial charge on any atom is -0.360 e. The van der Waals surface area contributed by atoms with E-state index < -0.39 is 5.91 Å². The SMILES string of the molecule is CC(C)CNC(=O)/C(C#N)=C\Nc1cc(Cl)cc(Cl)c1. The molecule has 0 fully saturated rings. The first-order valence-corrected chi connectivity index (χ1v) is 6.79. The van der Waals surface area contributed by atoms with Gasteiger partial charge < -0.3 is 10.6 Å². The van der Waals surface area contributed by atoms with Crippen LogP contribution >= 0.6 is 23.2 Å². The van der Waals surface area contributed by atoms with Crippen molar-refractivity contribution in [1.29, 1.82) is 5.26 Å². The third kappa shape index (κ3) is 5.52. The normalized spacial score (nSPS) is 11.1. The van der Waals surface area contributed by atoms with Crippen LogP contribution in [0.1, 0.15) is 13.8 Å². The van der Waals surface area contributed by atoms with E-state index in [-0.39, 0.29) is 5.57 Å². The first-order valence-electron chi connectivity index (χ1n) is 6.03. The van der Waals surface area contributed by atoms with E-state index in [1.165, 1.54) is 6.20 Å². The highest BCUT2D eigenvalue weighted by atomic mass is 35.5. The summed E-state index contributed by atoms with van der Waals surface area (Å²) >= 11 is 11.7. The first kappa shape index (κ1) is 16.4. The van der Waals surface area contributed by atoms with E-state index in [1.54, 1.807) is 18.2 Å². The Morgan fingerprint density at radius 3 is 2.45 bits per heavy atom. The Balaban J connectivity index is 2.75. The highest BCUT2D eigenvalue weighted by molar-refractivity contribution is 6.35. The maximum Gasteiger partial charge on any atom is 0.263 e. The van der Waals surface area contributed by atoms with Crippen molar-refractivity contribution in [1.82, 2.24) is 5.32 Å². The van der Waals surface area contributed by atoms with E-state index in [4.69, 9.17) is 28.5 Å². The molecule has 0 saturated carbocycles. The van der Waals surface area contributed by atoms with Gasteiger partial charge in [-0.3, -0.25) is 4.79 Å². The number of hydrogen-bond acceptors (Lipinski definition) is 3. The van der Waals surface area contributed by atoms with Gasteiger partial charge in [-0.05, 0) is 24.1 Å². The second-order valence-corrected chi connectivity index (χ2v) is 5.45. The summed E-state index contributed by atoms with van der Waals surface area (Å²) in [5.74, 6) is -0.0968. The van der Waals surface area contributed by atoms with Gasteiger partial charge in [-0.15, -0.1) is 0 Å². The van der Waals surface area contributed by atoms with Crippen LogP contribution < -0.4 is 10.6 Å². The quantitative estimate of drug-likeness (QED) is 0.645. The highest BCUT2D eigenvalue weighted by Gasteiger charge is 2.08. The van der Waals surface area contributed by atoms with E-state index in [0.717, 1.165) is 0 Å². The van der Waals surface area contributed by atoms with Crippen molar-refractivity contribution in [3.63, 3.8) is 0 Å². The summed E-state index contributed by atoms with van der Waals surface area (Å²) in [6.07, 6.45) is 1.33. The zero-order chi connectivity index (χ0) is 15.1. The Kier molecular flexibility index (Phi) is 6.37. The molecule has 0 aliphatic heterocycles. The molecule has 0 aliphatic carbocycles. The van der Waals surface area contributed by atoms with Gasteiger partial charge in [-0.1, -0.05) is 37.0 Å². The number of nitrogens with zero attached hydrogens (tertiary/aromatic N) is 1. The Bertz CT molecular complexity index is 542. The van der Waals surface area contributed by atoms with Crippen LogP contribution in [0.4, 0.5) is 5.69 Å². The number of amides is 1. The average molecular weight is 312 g/mol. The molecule has 0 heterocycles. The van der Waals surface area contributed by atoms with Gasteiger partial charge in [0.05, 0.1) is 0 Å². The molecule has 6 heteroatoms. The summed E-state index contributed by atoms with van der Waals surface area (Å²) in [6.45, 7) is 4.46. The number of nitriles is 1. The fraction of sp³-hybridized carbons (Fsp3) is 0.286. The standard InChI is InChI=1S/C14H15Cl2N3O/c1-9(2)7-19-14(20)10(6-17)8-18-13-4-11(15)3-12(16)5-13/h3-5,8-9,18H,7H2,1-2H3,(H,19,20)/b10-8-. The number of hydrogen-bond donors (Lipinski definition) is 2. The fourth-order valence-electron chi connectivity index (χ4n) is 1.33. The third-order valence-corrected chi connectivity index (χ3v) is 2.72. The topological polar surface area (TPSA) is 64.9 Å². The Labute approximate surface area is 128 Å². The van der Waals surface area contributed by atoms with Crippen molar-refractivity contribution in [2.75, 3.05) is 11.9 Å². The molecule has 0 spiro atoms. The van der Waals surface area contributed by atoms with Gasteiger partial charge >= 0.3 is 0 Å². The molecule has 20 heavy (non-hydrogen) atoms. The maximum absolute atomic E-state index is 11.7. The lowest BCUT2D eigenvalue weighted by atomic mass is 10.2. The number of carbonyl (C=O) groups is 1. The molecule has 1 rings (SSSR count). The van der Waals surface area contributed by atoms with E-state index >= 15 is 0 Å². The monoisotopic (exact) mass is 311 g/mol. The second-order valence-electron chi connectivity index (χ2n) is 4.58. The summed E-state index contributed by atoms with van der Waals surface area (Å²) in [5.41, 5.74) is 0.591. The van der Waals surface area contributed by atoms with Crippen molar-refractivity contribution in [3.05, 3.63) is 40.0 Å². The molecule has 2 N–H and O–H groups in total. The summed E-state index contributed by atoms with van der Waals surface area (Å²) in [6, 6.07) is 6.73. The van der Waals surface area contributed by atoms with Crippen molar-refractivity contribution in [2.24, 2.45) is 5.92 Å². The van der Waals surface area contributed by atoms with E-state index in [2.05, 4.69) is 10.6 Å². The summed E-state index contributed by atoms with van der Waals surface area (Å²) in [5, 5.41) is 15.4. The van der Waals surface area contributed by atoms with Gasteiger partial charge in [-0.25, -0.2) is 0 Å². The number of rotatable bonds is 5. The molecular weight excluding hydrogens is 297 g/mol. The molecule has 0 atom stereocenters. The molecular formula is C14H15Cl2N3O. The summed E-state index contributed by atoms with van der Waals surface area (Å²) in [7, 11) is 0. The zero-order valence-electron chi connectivity index (χ0n) is 11.2. The smallest absolute Gasteiger partial charge is 0.263 e. The molecule has 106 valence electrons. The van der Waals surface area contributed by atoms with Gasteiger partial charge in [0.25, 0.3) is 5.91 Å². The van der Waals surface area contributed by atoms with Crippen molar-refractivity contribution in [2.45, 2.75) is 13.8 Å². The van der Waals surface area contributed by atoms with Crippen LogP contribution in [0.15, 0.2) is 30.0 Å². The lowest BCUT2D eigenvalue weighted by molar-refractivity contribution is -0.117.